The number of carbonyl (C=O) groups excluding carboxylic acids is 1. The molecule has 5 rings (SSSR count). The van der Waals surface area contributed by atoms with E-state index in [-0.39, 0.29) is 17.0 Å². The Labute approximate surface area is 217 Å². The SMILES string of the molecule is COc1ccc(-c2cc(C(F)(F)F)n3nc(C(=O)N4CCN(Cc5cccc(OC)c5)CC4)cc3n2)cc1. The number of alkyl halides is 3. The van der Waals surface area contributed by atoms with Crippen LogP contribution in [0.25, 0.3) is 16.9 Å². The van der Waals surface area contributed by atoms with E-state index in [0.717, 1.165) is 17.4 Å². The average molecular weight is 526 g/mol. The molecule has 1 amide bonds. The van der Waals surface area contributed by atoms with Crippen LogP contribution in [0.15, 0.2) is 60.7 Å². The molecule has 8 nitrogen and oxygen atoms in total. The molecule has 0 spiro atoms. The number of piperazine rings is 1. The molecule has 2 aromatic carbocycles. The number of aromatic nitrogens is 3. The van der Waals surface area contributed by atoms with Crippen LogP contribution in [-0.2, 0) is 12.7 Å². The van der Waals surface area contributed by atoms with E-state index >= 15 is 0 Å². The number of hydrogen-bond acceptors (Lipinski definition) is 6. The van der Waals surface area contributed by atoms with E-state index in [4.69, 9.17) is 9.47 Å². The Balaban J connectivity index is 1.35. The van der Waals surface area contributed by atoms with Gasteiger partial charge in [0.2, 0.25) is 0 Å². The van der Waals surface area contributed by atoms with Crippen LogP contribution < -0.4 is 9.47 Å². The number of ether oxygens (including phenoxy) is 2. The fraction of sp³-hybridized carbons (Fsp3) is 0.296. The summed E-state index contributed by atoms with van der Waals surface area (Å²) >= 11 is 0. The lowest BCUT2D eigenvalue weighted by molar-refractivity contribution is -0.142. The van der Waals surface area contributed by atoms with Crippen molar-refractivity contribution in [2.45, 2.75) is 12.7 Å². The molecule has 198 valence electrons. The van der Waals surface area contributed by atoms with Gasteiger partial charge >= 0.3 is 6.18 Å². The molecule has 3 heterocycles. The summed E-state index contributed by atoms with van der Waals surface area (Å²) in [6, 6.07) is 16.6. The molecule has 0 saturated carbocycles. The van der Waals surface area contributed by atoms with Gasteiger partial charge in [0.05, 0.1) is 19.9 Å². The minimum Gasteiger partial charge on any atom is -0.497 e. The standard InChI is InChI=1S/C27H26F3N5O3/c1-37-20-8-6-19(7-9-20)22-15-24(27(28,29)30)35-25(31-22)16-23(32-35)26(36)34-12-10-33(11-13-34)17-18-4-3-5-21(14-18)38-2/h3-9,14-16H,10-13,17H2,1-2H3. The number of benzene rings is 2. The number of fused-ring (bicyclic) bond motifs is 1. The Bertz CT molecular complexity index is 1440. The van der Waals surface area contributed by atoms with E-state index in [9.17, 15) is 18.0 Å². The molecule has 0 aliphatic carbocycles. The van der Waals surface area contributed by atoms with Gasteiger partial charge in [-0.15, -0.1) is 0 Å². The Morgan fingerprint density at radius 2 is 1.63 bits per heavy atom. The van der Waals surface area contributed by atoms with Gasteiger partial charge in [-0.3, -0.25) is 9.69 Å². The zero-order valence-corrected chi connectivity index (χ0v) is 20.9. The first-order valence-corrected chi connectivity index (χ1v) is 12.0. The summed E-state index contributed by atoms with van der Waals surface area (Å²) in [5.74, 6) is 0.937. The highest BCUT2D eigenvalue weighted by atomic mass is 19.4. The van der Waals surface area contributed by atoms with Crippen molar-refractivity contribution in [1.82, 2.24) is 24.4 Å². The van der Waals surface area contributed by atoms with Gasteiger partial charge in [-0.05, 0) is 48.0 Å². The van der Waals surface area contributed by atoms with Crippen LogP contribution in [0.5, 0.6) is 11.5 Å². The van der Waals surface area contributed by atoms with Crippen LogP contribution in [0.3, 0.4) is 0 Å². The molecule has 0 N–H and O–H groups in total. The largest absolute Gasteiger partial charge is 0.497 e. The van der Waals surface area contributed by atoms with Gasteiger partial charge in [-0.2, -0.15) is 18.3 Å². The van der Waals surface area contributed by atoms with Crippen LogP contribution in [-0.4, -0.2) is 70.7 Å². The third-order valence-electron chi connectivity index (χ3n) is 6.52. The highest BCUT2D eigenvalue weighted by Gasteiger charge is 2.36. The van der Waals surface area contributed by atoms with Gasteiger partial charge in [0.15, 0.2) is 17.0 Å². The van der Waals surface area contributed by atoms with Gasteiger partial charge in [-0.1, -0.05) is 12.1 Å². The molecule has 4 aromatic rings. The van der Waals surface area contributed by atoms with Crippen molar-refractivity contribution in [3.8, 4) is 22.8 Å². The van der Waals surface area contributed by atoms with E-state index in [1.165, 1.54) is 13.2 Å². The van der Waals surface area contributed by atoms with E-state index in [1.807, 2.05) is 24.3 Å². The molecule has 2 aromatic heterocycles. The lowest BCUT2D eigenvalue weighted by Crippen LogP contribution is -2.48. The number of carbonyl (C=O) groups is 1. The number of rotatable bonds is 6. The van der Waals surface area contributed by atoms with Crippen molar-refractivity contribution in [1.29, 1.82) is 0 Å². The van der Waals surface area contributed by atoms with Crippen molar-refractivity contribution < 1.29 is 27.4 Å². The Morgan fingerprint density at radius 3 is 2.29 bits per heavy atom. The van der Waals surface area contributed by atoms with Crippen LogP contribution in [0, 0.1) is 0 Å². The third-order valence-corrected chi connectivity index (χ3v) is 6.52. The normalized spacial score (nSPS) is 14.6. The maximum absolute atomic E-state index is 13.9. The van der Waals surface area contributed by atoms with Crippen molar-refractivity contribution in [3.63, 3.8) is 0 Å². The molecule has 0 radical (unpaired) electrons. The predicted octanol–water partition coefficient (Wildman–Crippen LogP) is 4.39. The third kappa shape index (κ3) is 5.28. The number of methoxy groups -OCH3 is 2. The molecule has 0 bridgehead atoms. The van der Waals surface area contributed by atoms with Crippen molar-refractivity contribution in [3.05, 3.63) is 77.6 Å². The first-order valence-electron chi connectivity index (χ1n) is 12.0. The van der Waals surface area contributed by atoms with E-state index in [0.29, 0.717) is 48.6 Å². The highest BCUT2D eigenvalue weighted by molar-refractivity contribution is 5.93. The average Bonchev–Trinajstić information content (AvgIpc) is 3.36. The monoisotopic (exact) mass is 525 g/mol. The molecule has 0 atom stereocenters. The first-order chi connectivity index (χ1) is 18.2. The maximum atomic E-state index is 13.9. The zero-order chi connectivity index (χ0) is 26.9. The molecule has 1 aliphatic rings. The van der Waals surface area contributed by atoms with Crippen LogP contribution in [0.4, 0.5) is 13.2 Å². The minimum absolute atomic E-state index is 0.0503. The Kier molecular flexibility index (Phi) is 6.94. The summed E-state index contributed by atoms with van der Waals surface area (Å²) in [7, 11) is 3.13. The highest BCUT2D eigenvalue weighted by Crippen LogP contribution is 2.33. The second kappa shape index (κ2) is 10.3. The van der Waals surface area contributed by atoms with Crippen molar-refractivity contribution in [2.24, 2.45) is 0 Å². The number of hydrogen-bond donors (Lipinski definition) is 0. The fourth-order valence-electron chi connectivity index (χ4n) is 4.49. The predicted molar refractivity (Wildman–Crippen MR) is 134 cm³/mol. The molecular formula is C27H26F3N5O3. The second-order valence-corrected chi connectivity index (χ2v) is 8.97. The molecular weight excluding hydrogens is 499 g/mol. The molecule has 1 fully saturated rings. The van der Waals surface area contributed by atoms with Gasteiger partial charge in [-0.25, -0.2) is 9.50 Å². The fourth-order valence-corrected chi connectivity index (χ4v) is 4.49. The van der Waals surface area contributed by atoms with Crippen LogP contribution >= 0.6 is 0 Å². The summed E-state index contributed by atoms with van der Waals surface area (Å²) in [5.41, 5.74) is 0.581. The Hall–Kier alpha value is -4.12. The first kappa shape index (κ1) is 25.5. The van der Waals surface area contributed by atoms with Gasteiger partial charge < -0.3 is 14.4 Å². The van der Waals surface area contributed by atoms with Crippen LogP contribution in [0.1, 0.15) is 21.7 Å². The van der Waals surface area contributed by atoms with Gasteiger partial charge in [0.1, 0.15) is 11.5 Å². The summed E-state index contributed by atoms with van der Waals surface area (Å²) in [6.45, 7) is 2.84. The number of nitrogens with zero attached hydrogens (tertiary/aromatic N) is 5. The van der Waals surface area contributed by atoms with Gasteiger partial charge in [0.25, 0.3) is 5.91 Å². The van der Waals surface area contributed by atoms with Crippen molar-refractivity contribution in [2.75, 3.05) is 40.4 Å². The molecule has 1 aliphatic heterocycles. The summed E-state index contributed by atoms with van der Waals surface area (Å²) < 4.78 is 52.9. The zero-order valence-electron chi connectivity index (χ0n) is 20.9. The van der Waals surface area contributed by atoms with Crippen LogP contribution in [0.2, 0.25) is 0 Å². The number of halogens is 3. The quantitative estimate of drug-likeness (QED) is 0.372. The second-order valence-electron chi connectivity index (χ2n) is 8.97. The lowest BCUT2D eigenvalue weighted by atomic mass is 10.1. The maximum Gasteiger partial charge on any atom is 0.433 e. The van der Waals surface area contributed by atoms with E-state index in [2.05, 4.69) is 15.0 Å². The van der Waals surface area contributed by atoms with Gasteiger partial charge in [0, 0.05) is 44.4 Å². The molecule has 1 saturated heterocycles. The topological polar surface area (TPSA) is 72.2 Å². The smallest absolute Gasteiger partial charge is 0.433 e. The Morgan fingerprint density at radius 1 is 0.921 bits per heavy atom. The molecule has 0 unspecified atom stereocenters. The minimum atomic E-state index is -4.69. The summed E-state index contributed by atoms with van der Waals surface area (Å²) in [5, 5.41) is 4.02. The van der Waals surface area contributed by atoms with E-state index < -0.39 is 17.8 Å². The molecule has 11 heteroatoms. The molecule has 38 heavy (non-hydrogen) atoms. The van der Waals surface area contributed by atoms with E-state index in [1.54, 1.807) is 36.3 Å². The van der Waals surface area contributed by atoms with Crippen molar-refractivity contribution >= 4 is 11.6 Å². The summed E-state index contributed by atoms with van der Waals surface area (Å²) in [4.78, 5) is 21.4. The summed E-state index contributed by atoms with van der Waals surface area (Å²) in [6.07, 6.45) is -4.69. The lowest BCUT2D eigenvalue weighted by Gasteiger charge is -2.34. The number of amides is 1.